The summed E-state index contributed by atoms with van der Waals surface area (Å²) in [6.45, 7) is 0.297. The average Bonchev–Trinajstić information content (AvgIpc) is 2.89. The maximum absolute atomic E-state index is 13.1. The molecule has 6 nitrogen and oxygen atoms in total. The van der Waals surface area contributed by atoms with Crippen LogP contribution in [0.1, 0.15) is 48.3 Å². The first kappa shape index (κ1) is 27.2. The number of aromatic hydroxyl groups is 1. The molecule has 200 valence electrons. The summed E-state index contributed by atoms with van der Waals surface area (Å²) in [5.74, 6) is -0.570. The van der Waals surface area contributed by atoms with Gasteiger partial charge in [-0.3, -0.25) is 4.79 Å². The monoisotopic (exact) mass is 528 g/mol. The molecule has 0 aliphatic carbocycles. The molecule has 0 aromatic heterocycles. The third-order valence-electron chi connectivity index (χ3n) is 6.06. The number of phenols is 1. The van der Waals surface area contributed by atoms with Crippen LogP contribution in [-0.2, 0) is 20.4 Å². The number of ether oxygens (including phenoxy) is 3. The quantitative estimate of drug-likeness (QED) is 0.281. The lowest BCUT2D eigenvalue weighted by Crippen LogP contribution is -2.30. The van der Waals surface area contributed by atoms with Crippen molar-refractivity contribution in [2.24, 2.45) is 5.92 Å². The molecule has 0 saturated carbocycles. The molecule has 1 saturated heterocycles. The first-order chi connectivity index (χ1) is 18.2. The van der Waals surface area contributed by atoms with Crippen LogP contribution < -0.4 is 4.74 Å². The van der Waals surface area contributed by atoms with Crippen LogP contribution in [0.4, 0.5) is 13.2 Å². The van der Waals surface area contributed by atoms with Crippen molar-refractivity contribution >= 4 is 5.97 Å². The molecule has 0 amide bonds. The van der Waals surface area contributed by atoms with Crippen molar-refractivity contribution in [3.05, 3.63) is 102 Å². The molecule has 0 bridgehead atoms. The van der Waals surface area contributed by atoms with E-state index in [1.165, 1.54) is 12.1 Å². The number of carbonyl (C=O) groups is 1. The van der Waals surface area contributed by atoms with Crippen LogP contribution >= 0.6 is 0 Å². The van der Waals surface area contributed by atoms with Gasteiger partial charge in [-0.25, -0.2) is 0 Å². The lowest BCUT2D eigenvalue weighted by atomic mass is 9.91. The van der Waals surface area contributed by atoms with Crippen molar-refractivity contribution in [3.63, 3.8) is 0 Å². The molecule has 38 heavy (non-hydrogen) atoms. The number of benzene rings is 3. The van der Waals surface area contributed by atoms with Crippen LogP contribution in [0, 0.1) is 5.92 Å². The zero-order valence-electron chi connectivity index (χ0n) is 20.3. The van der Waals surface area contributed by atoms with E-state index in [0.29, 0.717) is 36.3 Å². The summed E-state index contributed by atoms with van der Waals surface area (Å²) in [5, 5.41) is 19.3. The predicted octanol–water partition coefficient (Wildman–Crippen LogP) is 7.42. The van der Waals surface area contributed by atoms with Gasteiger partial charge < -0.3 is 24.4 Å². The van der Waals surface area contributed by atoms with Gasteiger partial charge in [-0.05, 0) is 49.2 Å². The Hall–Kier alpha value is -3.82. The summed E-state index contributed by atoms with van der Waals surface area (Å²) < 4.78 is 57.2. The number of alkyl halides is 3. The molecule has 2 N–H and O–H groups in total. The molecule has 3 aromatic rings. The minimum atomic E-state index is -4.48. The summed E-state index contributed by atoms with van der Waals surface area (Å²) in [7, 11) is 0. The van der Waals surface area contributed by atoms with Crippen molar-refractivity contribution < 1.29 is 42.4 Å². The Morgan fingerprint density at radius 3 is 2.47 bits per heavy atom. The smallest absolute Gasteiger partial charge is 0.416 e. The molecular weight excluding hydrogens is 501 g/mol. The van der Waals surface area contributed by atoms with Crippen molar-refractivity contribution in [1.82, 2.24) is 0 Å². The molecule has 1 aliphatic heterocycles. The standard InChI is InChI=1S/C29H27F3O6/c30-29(31,32)21-10-7-12-23(17-21)37-22-11-6-9-19(16-22)28-36-18-20(8-2-1-3-15-26(34)35)27(38-28)24-13-4-5-14-25(24)33/h1-2,4-7,9-14,16-17,20,27-28,33H,3,8,15,18H2,(H,34,35)/b2-1-/t20-,27+,28+/m1/s1. The van der Waals surface area contributed by atoms with E-state index in [-0.39, 0.29) is 23.8 Å². The number of aliphatic carboxylic acids is 1. The van der Waals surface area contributed by atoms with Gasteiger partial charge in [0.2, 0.25) is 0 Å². The molecule has 0 radical (unpaired) electrons. The molecule has 1 aliphatic rings. The van der Waals surface area contributed by atoms with Crippen LogP contribution in [0.2, 0.25) is 0 Å². The van der Waals surface area contributed by atoms with Gasteiger partial charge in [0.15, 0.2) is 6.29 Å². The molecule has 1 heterocycles. The Kier molecular flexibility index (Phi) is 8.70. The minimum Gasteiger partial charge on any atom is -0.508 e. The summed E-state index contributed by atoms with van der Waals surface area (Å²) in [5.41, 5.74) is 0.394. The van der Waals surface area contributed by atoms with Crippen LogP contribution in [0.25, 0.3) is 0 Å². The molecule has 3 aromatic carbocycles. The summed E-state index contributed by atoms with van der Waals surface area (Å²) >= 11 is 0. The first-order valence-electron chi connectivity index (χ1n) is 12.1. The van der Waals surface area contributed by atoms with Crippen molar-refractivity contribution in [2.45, 2.75) is 37.8 Å². The van der Waals surface area contributed by atoms with Crippen molar-refractivity contribution in [1.29, 1.82) is 0 Å². The van der Waals surface area contributed by atoms with E-state index in [0.717, 1.165) is 12.1 Å². The maximum atomic E-state index is 13.1. The van der Waals surface area contributed by atoms with Crippen LogP contribution in [0.3, 0.4) is 0 Å². The number of hydrogen-bond donors (Lipinski definition) is 2. The number of halogens is 3. The van der Waals surface area contributed by atoms with Gasteiger partial charge in [0.1, 0.15) is 17.2 Å². The first-order valence-corrected chi connectivity index (χ1v) is 12.1. The number of para-hydroxylation sites is 1. The molecular formula is C29H27F3O6. The van der Waals surface area contributed by atoms with E-state index in [9.17, 15) is 23.1 Å². The highest BCUT2D eigenvalue weighted by atomic mass is 19.4. The topological polar surface area (TPSA) is 85.2 Å². The van der Waals surface area contributed by atoms with Gasteiger partial charge in [0.05, 0.1) is 18.3 Å². The van der Waals surface area contributed by atoms with Gasteiger partial charge in [-0.15, -0.1) is 0 Å². The fraction of sp³-hybridized carbons (Fsp3) is 0.276. The predicted molar refractivity (Wildman–Crippen MR) is 133 cm³/mol. The zero-order chi connectivity index (χ0) is 27.1. The second kappa shape index (κ2) is 12.1. The lowest BCUT2D eigenvalue weighted by molar-refractivity contribution is -0.244. The van der Waals surface area contributed by atoms with E-state index >= 15 is 0 Å². The largest absolute Gasteiger partial charge is 0.508 e. The summed E-state index contributed by atoms with van der Waals surface area (Å²) in [6.07, 6.45) is -1.13. The number of allylic oxidation sites excluding steroid dienone is 2. The molecule has 0 spiro atoms. The molecule has 1 fully saturated rings. The van der Waals surface area contributed by atoms with E-state index in [2.05, 4.69) is 0 Å². The van der Waals surface area contributed by atoms with Gasteiger partial charge >= 0.3 is 12.1 Å². The Morgan fingerprint density at radius 1 is 1.00 bits per heavy atom. The number of rotatable bonds is 9. The SMILES string of the molecule is O=C(O)CC/C=C\C[C@@H]1CO[C@H](c2cccc(Oc3cccc(C(F)(F)F)c3)c2)O[C@@H]1c1ccccc1O. The third-order valence-corrected chi connectivity index (χ3v) is 6.06. The number of phenolic OH excluding ortho intramolecular Hbond substituents is 1. The molecule has 0 unspecified atom stereocenters. The number of carboxylic acids is 1. The Balaban J connectivity index is 1.51. The minimum absolute atomic E-state index is 0.0397. The molecule has 4 rings (SSSR count). The lowest BCUT2D eigenvalue weighted by Gasteiger charge is -2.37. The highest BCUT2D eigenvalue weighted by Crippen LogP contribution is 2.43. The Morgan fingerprint density at radius 2 is 1.74 bits per heavy atom. The summed E-state index contributed by atoms with van der Waals surface area (Å²) in [6, 6.07) is 18.2. The molecule has 3 atom stereocenters. The van der Waals surface area contributed by atoms with E-state index < -0.39 is 30.1 Å². The fourth-order valence-corrected chi connectivity index (χ4v) is 4.20. The van der Waals surface area contributed by atoms with Crippen molar-refractivity contribution in [2.75, 3.05) is 6.61 Å². The van der Waals surface area contributed by atoms with E-state index in [1.807, 2.05) is 6.08 Å². The van der Waals surface area contributed by atoms with Crippen LogP contribution in [0.5, 0.6) is 17.2 Å². The average molecular weight is 529 g/mol. The van der Waals surface area contributed by atoms with Gasteiger partial charge in [-0.2, -0.15) is 13.2 Å². The highest BCUT2D eigenvalue weighted by Gasteiger charge is 2.35. The van der Waals surface area contributed by atoms with Crippen LogP contribution in [-0.4, -0.2) is 22.8 Å². The molecule has 9 heteroatoms. The van der Waals surface area contributed by atoms with E-state index in [1.54, 1.807) is 54.6 Å². The second-order valence-electron chi connectivity index (χ2n) is 8.88. The third kappa shape index (κ3) is 7.14. The van der Waals surface area contributed by atoms with Crippen molar-refractivity contribution in [3.8, 4) is 17.2 Å². The number of carboxylic acid groups (broad SMARTS) is 1. The van der Waals surface area contributed by atoms with Gasteiger partial charge in [0.25, 0.3) is 0 Å². The number of hydrogen-bond acceptors (Lipinski definition) is 5. The summed E-state index contributed by atoms with van der Waals surface area (Å²) in [4.78, 5) is 10.7. The second-order valence-corrected chi connectivity index (χ2v) is 8.88. The Labute approximate surface area is 217 Å². The van der Waals surface area contributed by atoms with E-state index in [4.69, 9.17) is 19.3 Å². The van der Waals surface area contributed by atoms with Gasteiger partial charge in [-0.1, -0.05) is 48.6 Å². The Bertz CT molecular complexity index is 1270. The normalized spacial score (nSPS) is 19.9. The zero-order valence-corrected chi connectivity index (χ0v) is 20.3. The maximum Gasteiger partial charge on any atom is 0.416 e. The fourth-order valence-electron chi connectivity index (χ4n) is 4.20. The highest BCUT2D eigenvalue weighted by molar-refractivity contribution is 5.66. The van der Waals surface area contributed by atoms with Crippen LogP contribution in [0.15, 0.2) is 84.9 Å². The van der Waals surface area contributed by atoms with Gasteiger partial charge in [0, 0.05) is 23.5 Å².